The van der Waals surface area contributed by atoms with E-state index in [1.807, 2.05) is 35.4 Å². The quantitative estimate of drug-likeness (QED) is 0.712. The van der Waals surface area contributed by atoms with Crippen LogP contribution in [-0.2, 0) is 7.05 Å². The number of benzene rings is 1. The first-order chi connectivity index (χ1) is 12.1. The number of fused-ring (bicyclic) bond motifs is 1. The fraction of sp³-hybridized carbons (Fsp3) is 0.316. The Bertz CT molecular complexity index is 983. The molecular weight excluding hydrogens is 334 g/mol. The summed E-state index contributed by atoms with van der Waals surface area (Å²) < 4.78 is 2.54. The van der Waals surface area contributed by atoms with Gasteiger partial charge in [0.1, 0.15) is 0 Å². The lowest BCUT2D eigenvalue weighted by atomic mass is 9.90. The molecule has 2 aromatic heterocycles. The van der Waals surface area contributed by atoms with Crippen molar-refractivity contribution in [3.63, 3.8) is 0 Å². The summed E-state index contributed by atoms with van der Waals surface area (Å²) in [6.07, 6.45) is 3.59. The summed E-state index contributed by atoms with van der Waals surface area (Å²) >= 11 is 1.51. The number of hydrogen-bond donors (Lipinski definition) is 0. The Labute approximate surface area is 149 Å². The average molecular weight is 353 g/mol. The van der Waals surface area contributed by atoms with E-state index in [2.05, 4.69) is 4.98 Å². The predicted molar refractivity (Wildman–Crippen MR) is 99.2 cm³/mol. The Morgan fingerprint density at radius 2 is 2.04 bits per heavy atom. The molecule has 0 N–H and O–H groups in total. The molecule has 3 aromatic rings. The summed E-state index contributed by atoms with van der Waals surface area (Å²) in [5.74, 6) is 0.425. The maximum absolute atomic E-state index is 12.9. The number of amides is 1. The van der Waals surface area contributed by atoms with Gasteiger partial charge in [-0.05, 0) is 42.5 Å². The Morgan fingerprint density at radius 3 is 2.80 bits per heavy atom. The standard InChI is InChI=1S/C19H19N3O2S/c1-21-8-5-14(11-17(21)23)13-6-9-22(10-7-13)19(24)15-3-2-4-16-18(15)25-12-20-16/h2-5,8,11-13H,6-7,9-10H2,1H3. The summed E-state index contributed by atoms with van der Waals surface area (Å²) in [6.45, 7) is 1.43. The van der Waals surface area contributed by atoms with Crippen molar-refractivity contribution in [2.45, 2.75) is 18.8 Å². The Hall–Kier alpha value is -2.47. The van der Waals surface area contributed by atoms with Gasteiger partial charge in [-0.1, -0.05) is 6.07 Å². The molecule has 1 aliphatic rings. The number of rotatable bonds is 2. The van der Waals surface area contributed by atoms with Gasteiger partial charge in [0.25, 0.3) is 11.5 Å². The molecule has 128 valence electrons. The number of thiazole rings is 1. The minimum Gasteiger partial charge on any atom is -0.339 e. The molecule has 4 rings (SSSR count). The van der Waals surface area contributed by atoms with Crippen molar-refractivity contribution in [3.8, 4) is 0 Å². The minimum absolute atomic E-state index is 0.0212. The van der Waals surface area contributed by atoms with Crippen LogP contribution < -0.4 is 5.56 Å². The van der Waals surface area contributed by atoms with Crippen LogP contribution >= 0.6 is 11.3 Å². The SMILES string of the molecule is Cn1ccc(C2CCN(C(=O)c3cccc4ncsc34)CC2)cc1=O. The molecule has 5 nitrogen and oxygen atoms in total. The molecule has 0 spiro atoms. The van der Waals surface area contributed by atoms with Crippen LogP contribution in [-0.4, -0.2) is 33.4 Å². The summed E-state index contributed by atoms with van der Waals surface area (Å²) in [4.78, 5) is 31.0. The maximum Gasteiger partial charge on any atom is 0.255 e. The summed E-state index contributed by atoms with van der Waals surface area (Å²) in [5, 5.41) is 0. The minimum atomic E-state index is 0.0212. The van der Waals surface area contributed by atoms with Crippen LogP contribution in [0.25, 0.3) is 10.2 Å². The monoisotopic (exact) mass is 353 g/mol. The van der Waals surface area contributed by atoms with Gasteiger partial charge in [-0.2, -0.15) is 0 Å². The topological polar surface area (TPSA) is 55.2 Å². The first kappa shape index (κ1) is 16.0. The van der Waals surface area contributed by atoms with E-state index in [0.717, 1.165) is 34.2 Å². The predicted octanol–water partition coefficient (Wildman–Crippen LogP) is 3.01. The third-order valence-electron chi connectivity index (χ3n) is 4.97. The zero-order chi connectivity index (χ0) is 17.4. The third kappa shape index (κ3) is 2.98. The molecule has 0 atom stereocenters. The normalized spacial score (nSPS) is 15.6. The molecule has 25 heavy (non-hydrogen) atoms. The van der Waals surface area contributed by atoms with Gasteiger partial charge in [0, 0.05) is 32.4 Å². The van der Waals surface area contributed by atoms with Crippen LogP contribution in [0.15, 0.2) is 46.8 Å². The van der Waals surface area contributed by atoms with Crippen LogP contribution in [0, 0.1) is 0 Å². The lowest BCUT2D eigenvalue weighted by molar-refractivity contribution is 0.0715. The van der Waals surface area contributed by atoms with Gasteiger partial charge in [-0.3, -0.25) is 9.59 Å². The van der Waals surface area contributed by atoms with Crippen molar-refractivity contribution >= 4 is 27.5 Å². The number of nitrogens with zero attached hydrogens (tertiary/aromatic N) is 3. The Kier molecular flexibility index (Phi) is 4.13. The van der Waals surface area contributed by atoms with E-state index in [1.54, 1.807) is 23.2 Å². The Balaban J connectivity index is 1.50. The number of carbonyl (C=O) groups excluding carboxylic acids is 1. The molecule has 0 unspecified atom stereocenters. The largest absolute Gasteiger partial charge is 0.339 e. The number of piperidine rings is 1. The second-order valence-corrected chi connectivity index (χ2v) is 7.34. The summed E-state index contributed by atoms with van der Waals surface area (Å²) in [7, 11) is 1.76. The molecule has 6 heteroatoms. The highest BCUT2D eigenvalue weighted by atomic mass is 32.1. The van der Waals surface area contributed by atoms with E-state index in [9.17, 15) is 9.59 Å². The first-order valence-electron chi connectivity index (χ1n) is 8.41. The highest BCUT2D eigenvalue weighted by Crippen LogP contribution is 2.29. The molecule has 0 bridgehead atoms. The van der Waals surface area contributed by atoms with Gasteiger partial charge in [-0.15, -0.1) is 11.3 Å². The van der Waals surface area contributed by atoms with Crippen molar-refractivity contribution in [3.05, 3.63) is 63.5 Å². The molecule has 3 heterocycles. The van der Waals surface area contributed by atoms with Crippen LogP contribution in [0.2, 0.25) is 0 Å². The molecule has 0 aliphatic carbocycles. The maximum atomic E-state index is 12.9. The van der Waals surface area contributed by atoms with Crippen molar-refractivity contribution in [2.75, 3.05) is 13.1 Å². The Morgan fingerprint density at radius 1 is 1.24 bits per heavy atom. The van der Waals surface area contributed by atoms with Gasteiger partial charge < -0.3 is 9.47 Å². The molecule has 1 amide bonds. The highest BCUT2D eigenvalue weighted by Gasteiger charge is 2.26. The number of aryl methyl sites for hydroxylation is 1. The number of pyridine rings is 1. The average Bonchev–Trinajstić information content (AvgIpc) is 3.12. The fourth-order valence-electron chi connectivity index (χ4n) is 3.46. The molecular formula is C19H19N3O2S. The van der Waals surface area contributed by atoms with E-state index in [4.69, 9.17) is 0 Å². The lowest BCUT2D eigenvalue weighted by Crippen LogP contribution is -2.38. The molecule has 1 aromatic carbocycles. The van der Waals surface area contributed by atoms with Gasteiger partial charge in [0.05, 0.1) is 21.3 Å². The van der Waals surface area contributed by atoms with Gasteiger partial charge in [-0.25, -0.2) is 4.98 Å². The van der Waals surface area contributed by atoms with Crippen molar-refractivity contribution in [1.82, 2.24) is 14.5 Å². The summed E-state index contributed by atoms with van der Waals surface area (Å²) in [6, 6.07) is 9.45. The van der Waals surface area contributed by atoms with Crippen LogP contribution in [0.3, 0.4) is 0 Å². The van der Waals surface area contributed by atoms with E-state index in [1.165, 1.54) is 11.3 Å². The molecule has 1 fully saturated rings. The second kappa shape index (κ2) is 6.44. The van der Waals surface area contributed by atoms with Crippen LogP contribution in [0.1, 0.15) is 34.7 Å². The van der Waals surface area contributed by atoms with Crippen molar-refractivity contribution < 1.29 is 4.79 Å². The molecule has 1 saturated heterocycles. The number of aromatic nitrogens is 2. The van der Waals surface area contributed by atoms with Crippen molar-refractivity contribution in [1.29, 1.82) is 0 Å². The van der Waals surface area contributed by atoms with E-state index < -0.39 is 0 Å². The van der Waals surface area contributed by atoms with E-state index in [0.29, 0.717) is 19.0 Å². The third-order valence-corrected chi connectivity index (χ3v) is 5.84. The first-order valence-corrected chi connectivity index (χ1v) is 9.29. The van der Waals surface area contributed by atoms with Gasteiger partial charge in [0.2, 0.25) is 0 Å². The lowest BCUT2D eigenvalue weighted by Gasteiger charge is -2.32. The van der Waals surface area contributed by atoms with Gasteiger partial charge in [0.15, 0.2) is 0 Å². The second-order valence-electron chi connectivity index (χ2n) is 6.48. The smallest absolute Gasteiger partial charge is 0.255 e. The molecule has 0 saturated carbocycles. The zero-order valence-corrected chi connectivity index (χ0v) is 14.8. The van der Waals surface area contributed by atoms with Crippen LogP contribution in [0.5, 0.6) is 0 Å². The number of hydrogen-bond acceptors (Lipinski definition) is 4. The fourth-order valence-corrected chi connectivity index (χ4v) is 4.25. The molecule has 1 aliphatic heterocycles. The highest BCUT2D eigenvalue weighted by molar-refractivity contribution is 7.17. The number of likely N-dealkylation sites (tertiary alicyclic amines) is 1. The van der Waals surface area contributed by atoms with E-state index in [-0.39, 0.29) is 11.5 Å². The van der Waals surface area contributed by atoms with Crippen molar-refractivity contribution in [2.24, 2.45) is 7.05 Å². The van der Waals surface area contributed by atoms with E-state index >= 15 is 0 Å². The zero-order valence-electron chi connectivity index (χ0n) is 14.0. The van der Waals surface area contributed by atoms with Crippen LogP contribution in [0.4, 0.5) is 0 Å². The number of carbonyl (C=O) groups is 1. The van der Waals surface area contributed by atoms with Gasteiger partial charge >= 0.3 is 0 Å². The molecule has 0 radical (unpaired) electrons. The summed E-state index contributed by atoms with van der Waals surface area (Å²) in [5.41, 5.74) is 4.51.